The lowest BCUT2D eigenvalue weighted by Gasteiger charge is -2.14. The highest BCUT2D eigenvalue weighted by atomic mass is 19.4. The summed E-state index contributed by atoms with van der Waals surface area (Å²) in [5.41, 5.74) is -0.699. The van der Waals surface area contributed by atoms with Gasteiger partial charge in [0.1, 0.15) is 5.75 Å². The van der Waals surface area contributed by atoms with Gasteiger partial charge in [0.05, 0.1) is 12.2 Å². The minimum absolute atomic E-state index is 0.210. The molecule has 0 aliphatic heterocycles. The lowest BCUT2D eigenvalue weighted by Crippen LogP contribution is -2.05. The lowest BCUT2D eigenvalue weighted by atomic mass is 9.92. The third-order valence-electron chi connectivity index (χ3n) is 5.18. The van der Waals surface area contributed by atoms with E-state index in [2.05, 4.69) is 24.3 Å². The highest BCUT2D eigenvalue weighted by Crippen LogP contribution is 2.35. The summed E-state index contributed by atoms with van der Waals surface area (Å²) in [5.74, 6) is 0.606. The van der Waals surface area contributed by atoms with Gasteiger partial charge in [0.2, 0.25) is 0 Å². The molecule has 3 nitrogen and oxygen atoms in total. The Balaban J connectivity index is 1.68. The Hall–Kier alpha value is -2.24. The topological polar surface area (TPSA) is 46.5 Å². The number of unbranched alkanes of at least 4 members (excludes halogenated alkanes) is 1. The van der Waals surface area contributed by atoms with Gasteiger partial charge in [0, 0.05) is 6.42 Å². The molecule has 1 aliphatic carbocycles. The van der Waals surface area contributed by atoms with Gasteiger partial charge >= 0.3 is 12.1 Å². The first kappa shape index (κ1) is 23.0. The van der Waals surface area contributed by atoms with Gasteiger partial charge in [-0.05, 0) is 68.6 Å². The number of hydrogen-bond donors (Lipinski definition) is 1. The number of carbonyl (C=O) groups is 1. The molecule has 1 saturated carbocycles. The fourth-order valence-electron chi connectivity index (χ4n) is 3.65. The molecular formula is C23H29F3O3. The quantitative estimate of drug-likeness (QED) is 0.328. The van der Waals surface area contributed by atoms with Crippen molar-refractivity contribution in [3.05, 3.63) is 54.1 Å². The number of ether oxygens (including phenoxy) is 1. The van der Waals surface area contributed by atoms with E-state index in [9.17, 15) is 18.0 Å². The molecule has 0 spiro atoms. The summed E-state index contributed by atoms with van der Waals surface area (Å²) in [7, 11) is 0. The lowest BCUT2D eigenvalue weighted by molar-refractivity contribution is -0.138. The minimum atomic E-state index is -4.36. The van der Waals surface area contributed by atoms with Crippen LogP contribution < -0.4 is 4.74 Å². The van der Waals surface area contributed by atoms with Crippen LogP contribution in [0.15, 0.2) is 48.6 Å². The Morgan fingerprint density at radius 3 is 2.76 bits per heavy atom. The number of halogens is 3. The predicted molar refractivity (Wildman–Crippen MR) is 107 cm³/mol. The zero-order valence-corrected chi connectivity index (χ0v) is 16.5. The Morgan fingerprint density at radius 1 is 1.17 bits per heavy atom. The van der Waals surface area contributed by atoms with Gasteiger partial charge < -0.3 is 9.84 Å². The number of alkyl halides is 3. The smallest absolute Gasteiger partial charge is 0.416 e. The highest BCUT2D eigenvalue weighted by Gasteiger charge is 2.30. The highest BCUT2D eigenvalue weighted by molar-refractivity contribution is 5.66. The van der Waals surface area contributed by atoms with Crippen molar-refractivity contribution < 1.29 is 27.8 Å². The van der Waals surface area contributed by atoms with Crippen molar-refractivity contribution in [1.82, 2.24) is 0 Å². The molecule has 2 atom stereocenters. The van der Waals surface area contributed by atoms with E-state index >= 15 is 0 Å². The molecule has 0 amide bonds. The average molecular weight is 410 g/mol. The molecule has 1 N–H and O–H groups in total. The van der Waals surface area contributed by atoms with Gasteiger partial charge in [-0.2, -0.15) is 13.2 Å². The molecule has 1 aliphatic rings. The maximum atomic E-state index is 12.7. The van der Waals surface area contributed by atoms with Crippen LogP contribution in [0.2, 0.25) is 0 Å². The Labute approximate surface area is 170 Å². The molecule has 0 bridgehead atoms. The fourth-order valence-corrected chi connectivity index (χ4v) is 3.65. The first-order chi connectivity index (χ1) is 13.9. The first-order valence-electron chi connectivity index (χ1n) is 10.2. The fraction of sp³-hybridized carbons (Fsp3) is 0.522. The van der Waals surface area contributed by atoms with Crippen LogP contribution in [0.25, 0.3) is 0 Å². The Kier molecular flexibility index (Phi) is 9.29. The monoisotopic (exact) mass is 410 g/mol. The van der Waals surface area contributed by atoms with Crippen LogP contribution in [0.3, 0.4) is 0 Å². The van der Waals surface area contributed by atoms with Crippen LogP contribution in [0.1, 0.15) is 56.9 Å². The second kappa shape index (κ2) is 11.7. The summed E-state index contributed by atoms with van der Waals surface area (Å²) < 4.78 is 43.6. The number of carboxylic acid groups (broad SMARTS) is 1. The molecule has 1 fully saturated rings. The van der Waals surface area contributed by atoms with Gasteiger partial charge in [-0.25, -0.2) is 0 Å². The van der Waals surface area contributed by atoms with Crippen LogP contribution in [0.4, 0.5) is 13.2 Å². The van der Waals surface area contributed by atoms with E-state index in [0.717, 1.165) is 31.4 Å². The van der Waals surface area contributed by atoms with E-state index in [0.29, 0.717) is 31.3 Å². The second-order valence-corrected chi connectivity index (χ2v) is 7.44. The van der Waals surface area contributed by atoms with Crippen molar-refractivity contribution in [2.75, 3.05) is 6.61 Å². The number of carboxylic acids is 1. The molecule has 2 unspecified atom stereocenters. The summed E-state index contributed by atoms with van der Waals surface area (Å²) in [4.78, 5) is 10.5. The zero-order valence-electron chi connectivity index (χ0n) is 16.5. The number of rotatable bonds is 11. The van der Waals surface area contributed by atoms with Gasteiger partial charge in [0.25, 0.3) is 0 Å². The maximum Gasteiger partial charge on any atom is 0.416 e. The van der Waals surface area contributed by atoms with Crippen molar-refractivity contribution in [2.45, 2.75) is 57.5 Å². The van der Waals surface area contributed by atoms with E-state index in [1.54, 1.807) is 0 Å². The van der Waals surface area contributed by atoms with E-state index in [-0.39, 0.29) is 12.2 Å². The number of benzene rings is 1. The molecule has 2 rings (SSSR count). The number of aliphatic carboxylic acids is 1. The molecule has 0 heterocycles. The summed E-state index contributed by atoms with van der Waals surface area (Å²) >= 11 is 0. The first-order valence-corrected chi connectivity index (χ1v) is 10.2. The standard InChI is InChI=1S/C23H29F3O3/c24-23(25,26)20-13-8-14-21(17-20)29-16-6-5-10-19-12-7-11-18(19)9-3-1-2-4-15-22(27)28/h1,3,5,8,10,13-14,17-19H,2,4,6-7,9,11-12,15-16H2,(H,27,28). The Morgan fingerprint density at radius 2 is 2.00 bits per heavy atom. The maximum absolute atomic E-state index is 12.7. The predicted octanol–water partition coefficient (Wildman–Crippen LogP) is 6.65. The molecule has 1 aromatic carbocycles. The van der Waals surface area contributed by atoms with E-state index in [4.69, 9.17) is 9.84 Å². The molecular weight excluding hydrogens is 381 g/mol. The molecule has 29 heavy (non-hydrogen) atoms. The van der Waals surface area contributed by atoms with Gasteiger partial charge in [-0.1, -0.05) is 36.8 Å². The molecule has 0 aromatic heterocycles. The van der Waals surface area contributed by atoms with E-state index in [1.165, 1.54) is 25.0 Å². The molecule has 6 heteroatoms. The molecule has 0 radical (unpaired) electrons. The van der Waals surface area contributed by atoms with E-state index < -0.39 is 17.7 Å². The van der Waals surface area contributed by atoms with Crippen molar-refractivity contribution in [3.63, 3.8) is 0 Å². The number of allylic oxidation sites excluding steroid dienone is 3. The van der Waals surface area contributed by atoms with Crippen molar-refractivity contribution in [3.8, 4) is 5.75 Å². The summed E-state index contributed by atoms with van der Waals surface area (Å²) in [5, 5.41) is 8.62. The Bertz CT molecular complexity index is 695. The molecule has 0 saturated heterocycles. The SMILES string of the molecule is O=C(O)CCCC=CCC1CCCC1C=CCCOc1cccc(C(F)(F)F)c1. The average Bonchev–Trinajstić information content (AvgIpc) is 3.11. The van der Waals surface area contributed by atoms with Crippen molar-refractivity contribution >= 4 is 5.97 Å². The van der Waals surface area contributed by atoms with Crippen LogP contribution >= 0.6 is 0 Å². The zero-order chi connectivity index (χ0) is 21.1. The molecule has 160 valence electrons. The largest absolute Gasteiger partial charge is 0.493 e. The van der Waals surface area contributed by atoms with Gasteiger partial charge in [-0.3, -0.25) is 4.79 Å². The van der Waals surface area contributed by atoms with Gasteiger partial charge in [0.15, 0.2) is 0 Å². The normalized spacial score (nSPS) is 20.0. The third kappa shape index (κ3) is 8.75. The van der Waals surface area contributed by atoms with Crippen molar-refractivity contribution in [2.24, 2.45) is 11.8 Å². The van der Waals surface area contributed by atoms with Crippen LogP contribution in [-0.4, -0.2) is 17.7 Å². The summed E-state index contributed by atoms with van der Waals surface area (Å²) in [6.07, 6.45) is 11.0. The molecule has 1 aromatic rings. The van der Waals surface area contributed by atoms with Crippen LogP contribution in [0.5, 0.6) is 5.75 Å². The number of hydrogen-bond acceptors (Lipinski definition) is 2. The summed E-state index contributed by atoms with van der Waals surface area (Å²) in [6.45, 7) is 0.346. The van der Waals surface area contributed by atoms with E-state index in [1.807, 2.05) is 0 Å². The summed E-state index contributed by atoms with van der Waals surface area (Å²) in [6, 6.07) is 4.95. The van der Waals surface area contributed by atoms with Crippen LogP contribution in [-0.2, 0) is 11.0 Å². The third-order valence-corrected chi connectivity index (χ3v) is 5.18. The second-order valence-electron chi connectivity index (χ2n) is 7.44. The van der Waals surface area contributed by atoms with Crippen molar-refractivity contribution in [1.29, 1.82) is 0 Å². The van der Waals surface area contributed by atoms with Gasteiger partial charge in [-0.15, -0.1) is 0 Å². The minimum Gasteiger partial charge on any atom is -0.493 e. The van der Waals surface area contributed by atoms with Crippen LogP contribution in [0, 0.1) is 11.8 Å².